The van der Waals surface area contributed by atoms with E-state index in [1.807, 2.05) is 24.3 Å². The minimum Gasteiger partial charge on any atom is -0.381 e. The van der Waals surface area contributed by atoms with Crippen LogP contribution in [0.25, 0.3) is 0 Å². The Morgan fingerprint density at radius 2 is 2.00 bits per heavy atom. The minimum atomic E-state index is -0.899. The molecule has 2 nitrogen and oxygen atoms in total. The second kappa shape index (κ2) is 5.41. The fourth-order valence-corrected chi connectivity index (χ4v) is 2.25. The lowest BCUT2D eigenvalue weighted by atomic mass is 9.88. The van der Waals surface area contributed by atoms with Gasteiger partial charge in [0, 0.05) is 19.8 Å². The van der Waals surface area contributed by atoms with Gasteiger partial charge in [-0.25, -0.2) is 4.39 Å². The fourth-order valence-electron chi connectivity index (χ4n) is 2.25. The Kier molecular flexibility index (Phi) is 3.91. The van der Waals surface area contributed by atoms with E-state index in [9.17, 15) is 4.39 Å². The van der Waals surface area contributed by atoms with Crippen molar-refractivity contribution in [1.29, 1.82) is 0 Å². The molecule has 1 atom stereocenters. The SMILES string of the molecule is NCc1ccccc1C(F)C1CCOCC1. The Morgan fingerprint density at radius 1 is 1.31 bits per heavy atom. The summed E-state index contributed by atoms with van der Waals surface area (Å²) in [6.07, 6.45) is 0.712. The summed E-state index contributed by atoms with van der Waals surface area (Å²) in [6, 6.07) is 7.53. The van der Waals surface area contributed by atoms with Crippen molar-refractivity contribution in [3.8, 4) is 0 Å². The predicted molar refractivity (Wildman–Crippen MR) is 61.7 cm³/mol. The van der Waals surface area contributed by atoms with Crippen molar-refractivity contribution in [2.75, 3.05) is 13.2 Å². The van der Waals surface area contributed by atoms with Crippen molar-refractivity contribution in [3.05, 3.63) is 35.4 Å². The lowest BCUT2D eigenvalue weighted by Gasteiger charge is -2.26. The smallest absolute Gasteiger partial charge is 0.128 e. The number of hydrogen-bond acceptors (Lipinski definition) is 2. The molecule has 0 aromatic heterocycles. The van der Waals surface area contributed by atoms with E-state index in [1.54, 1.807) is 0 Å². The fraction of sp³-hybridized carbons (Fsp3) is 0.538. The number of ether oxygens (including phenoxy) is 1. The second-order valence-corrected chi connectivity index (χ2v) is 4.25. The van der Waals surface area contributed by atoms with Crippen LogP contribution in [0.2, 0.25) is 0 Å². The van der Waals surface area contributed by atoms with Gasteiger partial charge in [-0.05, 0) is 29.9 Å². The van der Waals surface area contributed by atoms with Gasteiger partial charge in [0.15, 0.2) is 0 Å². The van der Waals surface area contributed by atoms with Gasteiger partial charge in [0.25, 0.3) is 0 Å². The summed E-state index contributed by atoms with van der Waals surface area (Å²) >= 11 is 0. The predicted octanol–water partition coefficient (Wildman–Crippen LogP) is 2.58. The highest BCUT2D eigenvalue weighted by molar-refractivity contribution is 5.29. The molecule has 3 heteroatoms. The Balaban J connectivity index is 2.15. The molecule has 1 fully saturated rings. The van der Waals surface area contributed by atoms with Gasteiger partial charge in [-0.2, -0.15) is 0 Å². The van der Waals surface area contributed by atoms with Crippen molar-refractivity contribution in [2.24, 2.45) is 11.7 Å². The van der Waals surface area contributed by atoms with Crippen molar-refractivity contribution in [3.63, 3.8) is 0 Å². The molecule has 0 amide bonds. The zero-order valence-corrected chi connectivity index (χ0v) is 9.36. The van der Waals surface area contributed by atoms with Gasteiger partial charge in [-0.3, -0.25) is 0 Å². The van der Waals surface area contributed by atoms with Crippen molar-refractivity contribution >= 4 is 0 Å². The first-order valence-electron chi connectivity index (χ1n) is 5.82. The summed E-state index contributed by atoms with van der Waals surface area (Å²) in [7, 11) is 0. The van der Waals surface area contributed by atoms with E-state index in [0.717, 1.165) is 24.0 Å². The molecule has 1 aliphatic rings. The van der Waals surface area contributed by atoms with Crippen LogP contribution in [0.4, 0.5) is 4.39 Å². The summed E-state index contributed by atoms with van der Waals surface area (Å²) in [5.41, 5.74) is 7.31. The molecular formula is C13H18FNO. The lowest BCUT2D eigenvalue weighted by Crippen LogP contribution is -2.21. The Morgan fingerprint density at radius 3 is 2.69 bits per heavy atom. The molecule has 1 aromatic rings. The summed E-state index contributed by atoms with van der Waals surface area (Å²) in [5.74, 6) is 0.0847. The van der Waals surface area contributed by atoms with E-state index >= 15 is 0 Å². The van der Waals surface area contributed by atoms with E-state index in [1.165, 1.54) is 0 Å². The van der Waals surface area contributed by atoms with E-state index < -0.39 is 6.17 Å². The van der Waals surface area contributed by atoms with Crippen LogP contribution in [0.1, 0.15) is 30.1 Å². The maximum atomic E-state index is 14.4. The summed E-state index contributed by atoms with van der Waals surface area (Å²) in [4.78, 5) is 0. The molecule has 1 aliphatic heterocycles. The molecule has 0 saturated carbocycles. The van der Waals surface area contributed by atoms with Gasteiger partial charge in [-0.15, -0.1) is 0 Å². The first-order chi connectivity index (χ1) is 7.83. The third-order valence-electron chi connectivity index (χ3n) is 3.25. The van der Waals surface area contributed by atoms with Crippen LogP contribution in [0.15, 0.2) is 24.3 Å². The minimum absolute atomic E-state index is 0.0847. The number of rotatable bonds is 3. The lowest BCUT2D eigenvalue weighted by molar-refractivity contribution is 0.0363. The van der Waals surface area contributed by atoms with Crippen LogP contribution in [-0.4, -0.2) is 13.2 Å². The standard InChI is InChI=1S/C13H18FNO/c14-13(10-5-7-16-8-6-10)12-4-2-1-3-11(12)9-15/h1-4,10,13H,5-9,15H2. The van der Waals surface area contributed by atoms with Crippen LogP contribution in [0.3, 0.4) is 0 Å². The maximum Gasteiger partial charge on any atom is 0.128 e. The van der Waals surface area contributed by atoms with Gasteiger partial charge in [0.05, 0.1) is 0 Å². The molecule has 1 heterocycles. The molecule has 1 saturated heterocycles. The van der Waals surface area contributed by atoms with E-state index in [4.69, 9.17) is 10.5 Å². The topological polar surface area (TPSA) is 35.2 Å². The summed E-state index contributed by atoms with van der Waals surface area (Å²) in [6.45, 7) is 1.76. The largest absolute Gasteiger partial charge is 0.381 e. The van der Waals surface area contributed by atoms with Gasteiger partial charge in [0.2, 0.25) is 0 Å². The third-order valence-corrected chi connectivity index (χ3v) is 3.25. The maximum absolute atomic E-state index is 14.4. The molecule has 0 bridgehead atoms. The van der Waals surface area contributed by atoms with Crippen LogP contribution in [0, 0.1) is 5.92 Å². The van der Waals surface area contributed by atoms with Crippen molar-refractivity contribution in [2.45, 2.75) is 25.6 Å². The number of alkyl halides is 1. The van der Waals surface area contributed by atoms with Gasteiger partial charge < -0.3 is 10.5 Å². The van der Waals surface area contributed by atoms with Crippen LogP contribution >= 0.6 is 0 Å². The van der Waals surface area contributed by atoms with Gasteiger partial charge >= 0.3 is 0 Å². The molecular weight excluding hydrogens is 205 g/mol. The first kappa shape index (κ1) is 11.6. The molecule has 16 heavy (non-hydrogen) atoms. The Labute approximate surface area is 95.6 Å². The third kappa shape index (κ3) is 2.42. The van der Waals surface area contributed by atoms with Crippen LogP contribution in [-0.2, 0) is 11.3 Å². The van der Waals surface area contributed by atoms with E-state index in [-0.39, 0.29) is 5.92 Å². The highest BCUT2D eigenvalue weighted by atomic mass is 19.1. The number of hydrogen-bond donors (Lipinski definition) is 1. The highest BCUT2D eigenvalue weighted by Crippen LogP contribution is 2.34. The summed E-state index contributed by atoms with van der Waals surface area (Å²) < 4.78 is 19.6. The average molecular weight is 223 g/mol. The number of benzene rings is 1. The highest BCUT2D eigenvalue weighted by Gasteiger charge is 2.26. The number of halogens is 1. The van der Waals surface area contributed by atoms with Gasteiger partial charge in [-0.1, -0.05) is 24.3 Å². The van der Waals surface area contributed by atoms with Crippen molar-refractivity contribution in [1.82, 2.24) is 0 Å². The van der Waals surface area contributed by atoms with Gasteiger partial charge in [0.1, 0.15) is 6.17 Å². The molecule has 2 N–H and O–H groups in total. The summed E-state index contributed by atoms with van der Waals surface area (Å²) in [5, 5.41) is 0. The first-order valence-corrected chi connectivity index (χ1v) is 5.82. The van der Waals surface area contributed by atoms with Crippen molar-refractivity contribution < 1.29 is 9.13 Å². The molecule has 2 rings (SSSR count). The molecule has 1 aromatic carbocycles. The molecule has 0 spiro atoms. The monoisotopic (exact) mass is 223 g/mol. The Hall–Kier alpha value is -0.930. The molecule has 0 aliphatic carbocycles. The Bertz CT molecular complexity index is 336. The molecule has 88 valence electrons. The van der Waals surface area contributed by atoms with E-state index in [2.05, 4.69) is 0 Å². The zero-order chi connectivity index (χ0) is 11.4. The van der Waals surface area contributed by atoms with Crippen LogP contribution in [0.5, 0.6) is 0 Å². The normalized spacial score (nSPS) is 19.6. The second-order valence-electron chi connectivity index (χ2n) is 4.25. The van der Waals surface area contributed by atoms with E-state index in [0.29, 0.717) is 19.8 Å². The quantitative estimate of drug-likeness (QED) is 0.854. The van der Waals surface area contributed by atoms with Crippen LogP contribution < -0.4 is 5.73 Å². The zero-order valence-electron chi connectivity index (χ0n) is 9.36. The molecule has 1 unspecified atom stereocenters. The number of nitrogens with two attached hydrogens (primary N) is 1. The molecule has 0 radical (unpaired) electrons. The average Bonchev–Trinajstić information content (AvgIpc) is 2.39.